The van der Waals surface area contributed by atoms with Crippen LogP contribution in [0.25, 0.3) is 0 Å². The second-order valence-corrected chi connectivity index (χ2v) is 7.74. The average molecular weight is 341 g/mol. The lowest BCUT2D eigenvalue weighted by molar-refractivity contribution is -0.121. The highest BCUT2D eigenvalue weighted by molar-refractivity contribution is 5.79. The van der Waals surface area contributed by atoms with Crippen LogP contribution in [0, 0.1) is 0 Å². The Labute approximate surface area is 149 Å². The molecule has 0 radical (unpaired) electrons. The summed E-state index contributed by atoms with van der Waals surface area (Å²) in [5, 5.41) is 3.16. The van der Waals surface area contributed by atoms with Gasteiger partial charge in [0, 0.05) is 36.2 Å². The van der Waals surface area contributed by atoms with Gasteiger partial charge in [-0.3, -0.25) is 4.79 Å². The van der Waals surface area contributed by atoms with Gasteiger partial charge in [-0.25, -0.2) is 4.98 Å². The number of methoxy groups -OCH3 is 1. The second kappa shape index (κ2) is 6.90. The molecule has 0 saturated carbocycles. The Morgan fingerprint density at radius 1 is 1.36 bits per heavy atom. The molecule has 25 heavy (non-hydrogen) atoms. The molecule has 5 heteroatoms. The van der Waals surface area contributed by atoms with Gasteiger partial charge < -0.3 is 14.6 Å². The van der Waals surface area contributed by atoms with E-state index in [1.807, 2.05) is 24.3 Å². The average Bonchev–Trinajstić information content (AvgIpc) is 2.99. The predicted molar refractivity (Wildman–Crippen MR) is 97.9 cm³/mol. The Balaban J connectivity index is 1.63. The molecule has 1 amide bonds. The number of rotatable bonds is 4. The van der Waals surface area contributed by atoms with E-state index in [-0.39, 0.29) is 17.4 Å². The van der Waals surface area contributed by atoms with Crippen LogP contribution in [-0.2, 0) is 29.6 Å². The maximum absolute atomic E-state index is 12.4. The summed E-state index contributed by atoms with van der Waals surface area (Å²) in [5.74, 6) is 1.92. The van der Waals surface area contributed by atoms with E-state index in [0.29, 0.717) is 6.42 Å². The van der Waals surface area contributed by atoms with E-state index in [2.05, 4.69) is 36.9 Å². The zero-order chi connectivity index (χ0) is 18.0. The molecular weight excluding hydrogens is 314 g/mol. The van der Waals surface area contributed by atoms with Crippen molar-refractivity contribution in [3.05, 3.63) is 47.5 Å². The topological polar surface area (TPSA) is 56.1 Å². The van der Waals surface area contributed by atoms with E-state index in [1.54, 1.807) is 7.11 Å². The minimum atomic E-state index is 0.0362. The summed E-state index contributed by atoms with van der Waals surface area (Å²) >= 11 is 0. The Bertz CT molecular complexity index is 759. The van der Waals surface area contributed by atoms with Crippen molar-refractivity contribution >= 4 is 5.91 Å². The molecule has 0 aliphatic carbocycles. The summed E-state index contributed by atoms with van der Waals surface area (Å²) in [4.78, 5) is 17.2. The van der Waals surface area contributed by atoms with Crippen LogP contribution in [0.1, 0.15) is 44.3 Å². The first-order valence-corrected chi connectivity index (χ1v) is 8.84. The van der Waals surface area contributed by atoms with Gasteiger partial charge in [0.15, 0.2) is 0 Å². The van der Waals surface area contributed by atoms with E-state index in [4.69, 9.17) is 9.72 Å². The first-order valence-electron chi connectivity index (χ1n) is 8.84. The normalized spacial score (nSPS) is 17.0. The number of aromatic nitrogens is 2. The van der Waals surface area contributed by atoms with Crippen LogP contribution in [-0.4, -0.2) is 28.6 Å². The number of nitrogens with one attached hydrogen (secondary N) is 1. The van der Waals surface area contributed by atoms with Gasteiger partial charge >= 0.3 is 0 Å². The van der Waals surface area contributed by atoms with Gasteiger partial charge in [0.25, 0.3) is 0 Å². The molecule has 2 heterocycles. The summed E-state index contributed by atoms with van der Waals surface area (Å²) in [6.45, 7) is 7.31. The van der Waals surface area contributed by atoms with Crippen molar-refractivity contribution in [3.63, 3.8) is 0 Å². The van der Waals surface area contributed by atoms with Crippen LogP contribution >= 0.6 is 0 Å². The fraction of sp³-hybridized carbons (Fsp3) is 0.500. The van der Waals surface area contributed by atoms with Crippen LogP contribution in [0.2, 0.25) is 0 Å². The summed E-state index contributed by atoms with van der Waals surface area (Å²) in [5.41, 5.74) is 2.08. The third-order valence-corrected chi connectivity index (χ3v) is 4.67. The SMILES string of the molecule is COc1ccccc1CC(=O)NC1CCc2nc(C(C)(C)C)cn2C1. The van der Waals surface area contributed by atoms with Crippen molar-refractivity contribution in [3.8, 4) is 5.75 Å². The molecule has 1 aliphatic heterocycles. The Kier molecular flexibility index (Phi) is 4.84. The van der Waals surface area contributed by atoms with Gasteiger partial charge in [0.1, 0.15) is 11.6 Å². The number of hydrogen-bond acceptors (Lipinski definition) is 3. The minimum absolute atomic E-state index is 0.0362. The van der Waals surface area contributed by atoms with Crippen molar-refractivity contribution in [2.75, 3.05) is 7.11 Å². The zero-order valence-electron chi connectivity index (χ0n) is 15.5. The van der Waals surface area contributed by atoms with Crippen LogP contribution in [0.15, 0.2) is 30.5 Å². The van der Waals surface area contributed by atoms with E-state index in [1.165, 1.54) is 0 Å². The third-order valence-electron chi connectivity index (χ3n) is 4.67. The number of para-hydroxylation sites is 1. The quantitative estimate of drug-likeness (QED) is 0.930. The Morgan fingerprint density at radius 2 is 2.12 bits per heavy atom. The van der Waals surface area contributed by atoms with Crippen LogP contribution in [0.3, 0.4) is 0 Å². The van der Waals surface area contributed by atoms with Crippen molar-refractivity contribution < 1.29 is 9.53 Å². The third kappa shape index (κ3) is 4.03. The van der Waals surface area contributed by atoms with Gasteiger partial charge in [-0.15, -0.1) is 0 Å². The van der Waals surface area contributed by atoms with Gasteiger partial charge in [-0.05, 0) is 12.5 Å². The number of amides is 1. The van der Waals surface area contributed by atoms with Gasteiger partial charge in [0.2, 0.25) is 5.91 Å². The number of benzene rings is 1. The summed E-state index contributed by atoms with van der Waals surface area (Å²) < 4.78 is 7.52. The minimum Gasteiger partial charge on any atom is -0.496 e. The zero-order valence-corrected chi connectivity index (χ0v) is 15.5. The standard InChI is InChI=1S/C20H27N3O2/c1-20(2,3)17-13-23-12-15(9-10-18(23)22-17)21-19(24)11-14-7-5-6-8-16(14)25-4/h5-8,13,15H,9-12H2,1-4H3,(H,21,24). The van der Waals surface area contributed by atoms with Crippen molar-refractivity contribution in [2.24, 2.45) is 0 Å². The number of imidazole rings is 1. The van der Waals surface area contributed by atoms with Crippen molar-refractivity contribution in [1.29, 1.82) is 0 Å². The Morgan fingerprint density at radius 3 is 2.84 bits per heavy atom. The lowest BCUT2D eigenvalue weighted by Crippen LogP contribution is -2.41. The lowest BCUT2D eigenvalue weighted by Gasteiger charge is -2.24. The van der Waals surface area contributed by atoms with Crippen LogP contribution in [0.4, 0.5) is 0 Å². The van der Waals surface area contributed by atoms with Crippen molar-refractivity contribution in [1.82, 2.24) is 14.9 Å². The monoisotopic (exact) mass is 341 g/mol. The van der Waals surface area contributed by atoms with E-state index in [9.17, 15) is 4.79 Å². The molecule has 0 bridgehead atoms. The highest BCUT2D eigenvalue weighted by Gasteiger charge is 2.25. The number of carbonyl (C=O) groups excluding carboxylic acids is 1. The van der Waals surface area contributed by atoms with Crippen LogP contribution < -0.4 is 10.1 Å². The molecule has 5 nitrogen and oxygen atoms in total. The number of carbonyl (C=O) groups is 1. The fourth-order valence-corrected chi connectivity index (χ4v) is 3.22. The first-order chi connectivity index (χ1) is 11.9. The highest BCUT2D eigenvalue weighted by Crippen LogP contribution is 2.24. The van der Waals surface area contributed by atoms with Gasteiger partial charge in [-0.1, -0.05) is 39.0 Å². The molecule has 1 unspecified atom stereocenters. The molecule has 1 aliphatic rings. The van der Waals surface area contributed by atoms with Crippen LogP contribution in [0.5, 0.6) is 5.75 Å². The summed E-state index contributed by atoms with van der Waals surface area (Å²) in [6, 6.07) is 7.81. The predicted octanol–water partition coefficient (Wildman–Crippen LogP) is 2.86. The largest absolute Gasteiger partial charge is 0.496 e. The molecule has 1 atom stereocenters. The lowest BCUT2D eigenvalue weighted by atomic mass is 9.93. The molecule has 1 aromatic heterocycles. The number of nitrogens with zero attached hydrogens (tertiary/aromatic N) is 2. The first kappa shape index (κ1) is 17.5. The molecule has 3 rings (SSSR count). The molecule has 1 N–H and O–H groups in total. The molecule has 0 fully saturated rings. The summed E-state index contributed by atoms with van der Waals surface area (Å²) in [7, 11) is 1.63. The number of ether oxygens (including phenoxy) is 1. The van der Waals surface area contributed by atoms with Crippen molar-refractivity contribution in [2.45, 2.75) is 58.0 Å². The molecule has 0 spiro atoms. The van der Waals surface area contributed by atoms with Gasteiger partial charge in [-0.2, -0.15) is 0 Å². The number of fused-ring (bicyclic) bond motifs is 1. The second-order valence-electron chi connectivity index (χ2n) is 7.74. The molecule has 1 aromatic carbocycles. The van der Waals surface area contributed by atoms with E-state index in [0.717, 1.165) is 42.2 Å². The molecule has 2 aromatic rings. The summed E-state index contributed by atoms with van der Waals surface area (Å²) in [6.07, 6.45) is 4.30. The fourth-order valence-electron chi connectivity index (χ4n) is 3.22. The molecular formula is C20H27N3O2. The molecule has 0 saturated heterocycles. The maximum atomic E-state index is 12.4. The van der Waals surface area contributed by atoms with E-state index >= 15 is 0 Å². The number of aryl methyl sites for hydroxylation is 1. The van der Waals surface area contributed by atoms with Gasteiger partial charge in [0.05, 0.1) is 19.2 Å². The maximum Gasteiger partial charge on any atom is 0.224 e. The Hall–Kier alpha value is -2.30. The number of hydrogen-bond donors (Lipinski definition) is 1. The molecule has 134 valence electrons. The highest BCUT2D eigenvalue weighted by atomic mass is 16.5. The van der Waals surface area contributed by atoms with E-state index < -0.39 is 0 Å². The smallest absolute Gasteiger partial charge is 0.224 e.